The number of aromatic nitrogens is 2. The van der Waals surface area contributed by atoms with Crippen LogP contribution in [0.5, 0.6) is 0 Å². The van der Waals surface area contributed by atoms with E-state index in [9.17, 15) is 0 Å². The Bertz CT molecular complexity index is 413. The van der Waals surface area contributed by atoms with Gasteiger partial charge < -0.3 is 10.7 Å². The van der Waals surface area contributed by atoms with Gasteiger partial charge in [-0.1, -0.05) is 26.7 Å². The average molecular weight is 277 g/mol. The Balaban J connectivity index is 1.92. The molecule has 1 aliphatic rings. The predicted octanol–water partition coefficient (Wildman–Crippen LogP) is 2.95. The average Bonchev–Trinajstić information content (AvgIpc) is 2.47. The van der Waals surface area contributed by atoms with Crippen molar-refractivity contribution in [3.8, 4) is 0 Å². The summed E-state index contributed by atoms with van der Waals surface area (Å²) in [4.78, 5) is 8.91. The van der Waals surface area contributed by atoms with Crippen LogP contribution in [0.3, 0.4) is 0 Å². The normalized spacial score (nSPS) is 22.6. The van der Waals surface area contributed by atoms with Crippen molar-refractivity contribution < 1.29 is 0 Å². The molecule has 1 aromatic rings. The van der Waals surface area contributed by atoms with Gasteiger partial charge in [-0.05, 0) is 31.1 Å². The number of nitrogens with zero attached hydrogens (tertiary/aromatic N) is 2. The summed E-state index contributed by atoms with van der Waals surface area (Å²) in [6, 6.07) is 1.88. The van der Waals surface area contributed by atoms with E-state index >= 15 is 0 Å². The zero-order valence-electron chi connectivity index (χ0n) is 12.7. The van der Waals surface area contributed by atoms with Crippen LogP contribution in [0, 0.1) is 11.8 Å². The largest absolute Gasteiger partial charge is 0.370 e. The molecule has 0 bridgehead atoms. The van der Waals surface area contributed by atoms with Crippen LogP contribution < -0.4 is 16.6 Å². The lowest BCUT2D eigenvalue weighted by molar-refractivity contribution is 0.300. The highest BCUT2D eigenvalue weighted by Crippen LogP contribution is 2.28. The first-order chi connectivity index (χ1) is 9.71. The first-order valence-corrected chi connectivity index (χ1v) is 7.79. The van der Waals surface area contributed by atoms with Crippen molar-refractivity contribution in [3.63, 3.8) is 0 Å². The summed E-state index contributed by atoms with van der Waals surface area (Å²) in [5, 5.41) is 3.46. The maximum Gasteiger partial charge on any atom is 0.145 e. The van der Waals surface area contributed by atoms with Gasteiger partial charge in [0.1, 0.15) is 17.5 Å². The van der Waals surface area contributed by atoms with Crippen molar-refractivity contribution in [2.24, 2.45) is 17.7 Å². The fraction of sp³-hybridized carbons (Fsp3) is 0.733. The number of hydrazine groups is 1. The predicted molar refractivity (Wildman–Crippen MR) is 83.4 cm³/mol. The summed E-state index contributed by atoms with van der Waals surface area (Å²) in [6.45, 7) is 5.48. The summed E-state index contributed by atoms with van der Waals surface area (Å²) < 4.78 is 0. The van der Waals surface area contributed by atoms with Crippen LogP contribution in [0.2, 0.25) is 0 Å². The monoisotopic (exact) mass is 277 g/mol. The molecule has 0 aliphatic heterocycles. The molecule has 0 spiro atoms. The third-order valence-corrected chi connectivity index (χ3v) is 4.10. The van der Waals surface area contributed by atoms with E-state index in [1.807, 2.05) is 6.07 Å². The van der Waals surface area contributed by atoms with Gasteiger partial charge >= 0.3 is 0 Å². The van der Waals surface area contributed by atoms with Gasteiger partial charge in [0.15, 0.2) is 0 Å². The van der Waals surface area contributed by atoms with Crippen LogP contribution in [0.1, 0.15) is 51.8 Å². The summed E-state index contributed by atoms with van der Waals surface area (Å²) in [6.07, 6.45) is 7.27. The molecule has 5 heteroatoms. The summed E-state index contributed by atoms with van der Waals surface area (Å²) in [5.74, 6) is 9.55. The lowest BCUT2D eigenvalue weighted by Gasteiger charge is -2.26. The van der Waals surface area contributed by atoms with E-state index in [1.165, 1.54) is 25.7 Å². The topological polar surface area (TPSA) is 75.9 Å². The fourth-order valence-electron chi connectivity index (χ4n) is 2.78. The number of nitrogens with one attached hydrogen (secondary N) is 2. The smallest absolute Gasteiger partial charge is 0.145 e. The highest BCUT2D eigenvalue weighted by Gasteiger charge is 2.18. The number of rotatable bonds is 6. The number of nitrogens with two attached hydrogens (primary N) is 1. The molecule has 1 saturated carbocycles. The van der Waals surface area contributed by atoms with Gasteiger partial charge in [-0.15, -0.1) is 0 Å². The molecule has 0 radical (unpaired) electrons. The van der Waals surface area contributed by atoms with E-state index in [0.29, 0.717) is 5.82 Å². The molecule has 1 fully saturated rings. The molecule has 20 heavy (non-hydrogen) atoms. The standard InChI is InChI=1S/C15H27N5/c1-3-4-13-18-14(9-15(19-13)20-16)17-10-12-7-5-11(2)6-8-12/h9,11-12H,3-8,10,16H2,1-2H3,(H2,17,18,19,20). The Morgan fingerprint density at radius 3 is 2.55 bits per heavy atom. The number of anilines is 2. The lowest BCUT2D eigenvalue weighted by Crippen LogP contribution is -2.21. The molecule has 0 saturated heterocycles. The van der Waals surface area contributed by atoms with Crippen molar-refractivity contribution in [2.45, 2.75) is 52.4 Å². The lowest BCUT2D eigenvalue weighted by atomic mass is 9.83. The first kappa shape index (κ1) is 15.0. The third-order valence-electron chi connectivity index (χ3n) is 4.10. The fourth-order valence-corrected chi connectivity index (χ4v) is 2.78. The second-order valence-electron chi connectivity index (χ2n) is 5.96. The zero-order valence-corrected chi connectivity index (χ0v) is 12.7. The Hall–Kier alpha value is -1.36. The van der Waals surface area contributed by atoms with Crippen molar-refractivity contribution >= 4 is 11.6 Å². The maximum atomic E-state index is 5.47. The van der Waals surface area contributed by atoms with Crippen LogP contribution in [-0.2, 0) is 6.42 Å². The highest BCUT2D eigenvalue weighted by molar-refractivity contribution is 5.46. The third kappa shape index (κ3) is 4.34. The quantitative estimate of drug-likeness (QED) is 0.550. The number of aryl methyl sites for hydroxylation is 1. The molecule has 0 amide bonds. The van der Waals surface area contributed by atoms with Crippen LogP contribution in [-0.4, -0.2) is 16.5 Å². The van der Waals surface area contributed by atoms with Crippen LogP contribution in [0.25, 0.3) is 0 Å². The summed E-state index contributed by atoms with van der Waals surface area (Å²) in [5.41, 5.74) is 2.62. The molecule has 0 unspecified atom stereocenters. The molecular weight excluding hydrogens is 250 g/mol. The van der Waals surface area contributed by atoms with Gasteiger partial charge in [-0.2, -0.15) is 0 Å². The van der Waals surface area contributed by atoms with Crippen LogP contribution in [0.15, 0.2) is 6.07 Å². The minimum atomic E-state index is 0.684. The summed E-state index contributed by atoms with van der Waals surface area (Å²) in [7, 11) is 0. The Kier molecular flexibility index (Phi) is 5.59. The number of hydrogen-bond acceptors (Lipinski definition) is 5. The molecular formula is C15H27N5. The molecule has 4 N–H and O–H groups in total. The van der Waals surface area contributed by atoms with Gasteiger partial charge in [0.05, 0.1) is 0 Å². The first-order valence-electron chi connectivity index (χ1n) is 7.79. The van der Waals surface area contributed by atoms with Crippen LogP contribution >= 0.6 is 0 Å². The molecule has 112 valence electrons. The minimum absolute atomic E-state index is 0.684. The minimum Gasteiger partial charge on any atom is -0.370 e. The van der Waals surface area contributed by atoms with E-state index in [0.717, 1.165) is 42.9 Å². The van der Waals surface area contributed by atoms with E-state index in [-0.39, 0.29) is 0 Å². The van der Waals surface area contributed by atoms with Crippen LogP contribution in [0.4, 0.5) is 11.6 Å². The molecule has 1 aromatic heterocycles. The van der Waals surface area contributed by atoms with Gasteiger partial charge in [-0.25, -0.2) is 15.8 Å². The van der Waals surface area contributed by atoms with Gasteiger partial charge in [0.25, 0.3) is 0 Å². The summed E-state index contributed by atoms with van der Waals surface area (Å²) >= 11 is 0. The SMILES string of the molecule is CCCc1nc(NN)cc(NCC2CCC(C)CC2)n1. The molecule has 5 nitrogen and oxygen atoms in total. The van der Waals surface area contributed by atoms with E-state index in [2.05, 4.69) is 34.6 Å². The van der Waals surface area contributed by atoms with E-state index in [4.69, 9.17) is 5.84 Å². The van der Waals surface area contributed by atoms with Crippen molar-refractivity contribution in [2.75, 3.05) is 17.3 Å². The molecule has 2 rings (SSSR count). The van der Waals surface area contributed by atoms with E-state index in [1.54, 1.807) is 0 Å². The second-order valence-corrected chi connectivity index (χ2v) is 5.96. The Morgan fingerprint density at radius 1 is 1.20 bits per heavy atom. The van der Waals surface area contributed by atoms with Gasteiger partial charge in [0.2, 0.25) is 0 Å². The van der Waals surface area contributed by atoms with Crippen molar-refractivity contribution in [1.29, 1.82) is 0 Å². The molecule has 1 aliphatic carbocycles. The van der Waals surface area contributed by atoms with Gasteiger partial charge in [0, 0.05) is 19.0 Å². The van der Waals surface area contributed by atoms with Crippen molar-refractivity contribution in [3.05, 3.63) is 11.9 Å². The van der Waals surface area contributed by atoms with Crippen molar-refractivity contribution in [1.82, 2.24) is 9.97 Å². The second kappa shape index (κ2) is 7.43. The number of nitrogen functional groups attached to an aromatic ring is 1. The number of hydrogen-bond donors (Lipinski definition) is 3. The highest BCUT2D eigenvalue weighted by atomic mass is 15.3. The Labute approximate surface area is 121 Å². The van der Waals surface area contributed by atoms with Gasteiger partial charge in [-0.3, -0.25) is 0 Å². The molecule has 1 heterocycles. The zero-order chi connectivity index (χ0) is 14.4. The Morgan fingerprint density at radius 2 is 1.90 bits per heavy atom. The van der Waals surface area contributed by atoms with E-state index < -0.39 is 0 Å². The maximum absolute atomic E-state index is 5.47. The molecule has 0 aromatic carbocycles. The molecule has 0 atom stereocenters.